The average molecular weight is 450 g/mol. The van der Waals surface area contributed by atoms with Crippen LogP contribution in [0.25, 0.3) is 0 Å². The number of hydrogen-bond donors (Lipinski definition) is 3. The van der Waals surface area contributed by atoms with Gasteiger partial charge in [0.1, 0.15) is 23.9 Å². The number of amidine groups is 1. The molecule has 3 aliphatic rings. The monoisotopic (exact) mass is 450 g/mol. The van der Waals surface area contributed by atoms with Crippen molar-refractivity contribution < 1.29 is 24.5 Å². The van der Waals surface area contributed by atoms with E-state index in [9.17, 15) is 14.7 Å². The lowest BCUT2D eigenvalue weighted by Gasteiger charge is -2.21. The predicted octanol–water partition coefficient (Wildman–Crippen LogP) is 2.37. The van der Waals surface area contributed by atoms with Crippen molar-refractivity contribution in [2.45, 2.75) is 37.8 Å². The Kier molecular flexibility index (Phi) is 5.49. The highest BCUT2D eigenvalue weighted by Crippen LogP contribution is 2.40. The van der Waals surface area contributed by atoms with Gasteiger partial charge in [-0.1, -0.05) is 6.07 Å². The summed E-state index contributed by atoms with van der Waals surface area (Å²) in [5, 5.41) is 27.7. The molecule has 9 heteroatoms. The van der Waals surface area contributed by atoms with Gasteiger partial charge in [-0.25, -0.2) is 9.78 Å². The van der Waals surface area contributed by atoms with Crippen molar-refractivity contribution in [2.24, 2.45) is 0 Å². The number of benzene rings is 1. The van der Waals surface area contributed by atoms with Gasteiger partial charge in [-0.2, -0.15) is 0 Å². The van der Waals surface area contributed by atoms with E-state index < -0.39 is 5.97 Å². The van der Waals surface area contributed by atoms with E-state index >= 15 is 0 Å². The Balaban J connectivity index is 1.26. The van der Waals surface area contributed by atoms with Gasteiger partial charge in [-0.05, 0) is 43.5 Å². The Morgan fingerprint density at radius 3 is 2.76 bits per heavy atom. The molecule has 33 heavy (non-hydrogen) atoms. The maximum atomic E-state index is 13.1. The summed E-state index contributed by atoms with van der Waals surface area (Å²) in [6.07, 6.45) is 2.70. The van der Waals surface area contributed by atoms with Crippen LogP contribution in [0, 0.1) is 5.41 Å². The molecule has 0 radical (unpaired) electrons. The number of aromatic nitrogens is 1. The second-order valence-electron chi connectivity index (χ2n) is 8.91. The molecule has 1 unspecified atom stereocenters. The molecule has 1 aliphatic carbocycles. The minimum atomic E-state index is -1.02. The first-order valence-electron chi connectivity index (χ1n) is 11.2. The highest BCUT2D eigenvalue weighted by atomic mass is 16.5. The predicted molar refractivity (Wildman–Crippen MR) is 120 cm³/mol. The number of carbonyl (C=O) groups excluding carboxylic acids is 1. The zero-order valence-corrected chi connectivity index (χ0v) is 18.2. The fourth-order valence-corrected chi connectivity index (χ4v) is 4.50. The Hall–Kier alpha value is -3.46. The third-order valence-electron chi connectivity index (χ3n) is 6.46. The molecular weight excluding hydrogens is 424 g/mol. The van der Waals surface area contributed by atoms with Gasteiger partial charge in [0.15, 0.2) is 5.78 Å². The van der Waals surface area contributed by atoms with Gasteiger partial charge in [0.25, 0.3) is 0 Å². The summed E-state index contributed by atoms with van der Waals surface area (Å²) in [5.41, 5.74) is 3.65. The van der Waals surface area contributed by atoms with Crippen LogP contribution < -0.4 is 4.90 Å². The number of carbonyl (C=O) groups is 2. The van der Waals surface area contributed by atoms with Gasteiger partial charge in [-0.3, -0.25) is 10.2 Å². The molecule has 1 aromatic heterocycles. The van der Waals surface area contributed by atoms with E-state index in [-0.39, 0.29) is 36.6 Å². The van der Waals surface area contributed by atoms with Crippen molar-refractivity contribution >= 4 is 23.3 Å². The Bertz CT molecular complexity index is 1130. The third kappa shape index (κ3) is 4.41. The summed E-state index contributed by atoms with van der Waals surface area (Å²) in [6, 6.07) is 8.80. The summed E-state index contributed by atoms with van der Waals surface area (Å²) < 4.78 is 5.37. The molecule has 2 aromatic rings. The number of rotatable bonds is 8. The Morgan fingerprint density at radius 2 is 2.00 bits per heavy atom. The Morgan fingerprint density at radius 1 is 1.18 bits per heavy atom. The van der Waals surface area contributed by atoms with Crippen LogP contribution in [0.5, 0.6) is 5.75 Å². The van der Waals surface area contributed by atoms with Crippen molar-refractivity contribution in [3.05, 3.63) is 52.8 Å². The van der Waals surface area contributed by atoms with Crippen LogP contribution in [0.15, 0.2) is 30.3 Å². The first-order chi connectivity index (χ1) is 15.9. The van der Waals surface area contributed by atoms with Crippen LogP contribution in [0.2, 0.25) is 0 Å². The zero-order chi connectivity index (χ0) is 23.1. The van der Waals surface area contributed by atoms with Crippen LogP contribution in [-0.2, 0) is 16.1 Å². The molecule has 172 valence electrons. The van der Waals surface area contributed by atoms with E-state index in [0.29, 0.717) is 48.9 Å². The summed E-state index contributed by atoms with van der Waals surface area (Å²) >= 11 is 0. The number of aliphatic carboxylic acids is 1. The number of hydrogen-bond acceptors (Lipinski definition) is 7. The molecule has 3 N–H and O–H groups in total. The smallest absolute Gasteiger partial charge is 0.329 e. The number of aromatic hydroxyl groups is 1. The van der Waals surface area contributed by atoms with E-state index in [4.69, 9.17) is 15.3 Å². The van der Waals surface area contributed by atoms with Gasteiger partial charge in [0.2, 0.25) is 0 Å². The number of phenolic OH excluding ortho intramolecular Hbond substituents is 1. The molecule has 9 nitrogen and oxygen atoms in total. The minimum Gasteiger partial charge on any atom is -0.506 e. The number of pyridine rings is 1. The number of fused-ring (bicyclic) bond motifs is 1. The number of anilines is 1. The maximum Gasteiger partial charge on any atom is 0.329 e. The van der Waals surface area contributed by atoms with Crippen molar-refractivity contribution in [2.75, 3.05) is 31.1 Å². The number of carboxylic acids is 1. The van der Waals surface area contributed by atoms with Crippen molar-refractivity contribution in [3.8, 4) is 5.75 Å². The molecular formula is C24H26N4O5. The molecule has 0 bridgehead atoms. The largest absolute Gasteiger partial charge is 0.506 e. The molecule has 1 saturated carbocycles. The first-order valence-corrected chi connectivity index (χ1v) is 11.2. The number of nitrogens with one attached hydrogen (secondary N) is 1. The van der Waals surface area contributed by atoms with Gasteiger partial charge in [-0.15, -0.1) is 0 Å². The lowest BCUT2D eigenvalue weighted by atomic mass is 10.1. The second-order valence-corrected chi connectivity index (χ2v) is 8.91. The quantitative estimate of drug-likeness (QED) is 0.523. The summed E-state index contributed by atoms with van der Waals surface area (Å²) in [6.45, 7) is 1.22. The average Bonchev–Trinajstić information content (AvgIpc) is 3.47. The molecule has 5 rings (SSSR count). The third-order valence-corrected chi connectivity index (χ3v) is 6.46. The maximum absolute atomic E-state index is 13.1. The first kappa shape index (κ1) is 21.4. The van der Waals surface area contributed by atoms with Crippen molar-refractivity contribution in [1.82, 2.24) is 9.88 Å². The Labute approximate surface area is 191 Å². The van der Waals surface area contributed by atoms with E-state index in [2.05, 4.69) is 4.98 Å². The summed E-state index contributed by atoms with van der Waals surface area (Å²) in [7, 11) is 0. The zero-order valence-electron chi connectivity index (χ0n) is 18.2. The molecule has 0 spiro atoms. The lowest BCUT2D eigenvalue weighted by molar-refractivity contribution is -0.143. The highest BCUT2D eigenvalue weighted by Gasteiger charge is 2.32. The lowest BCUT2D eigenvalue weighted by Crippen LogP contribution is -2.30. The number of Topliss-reactive ketones (excluding diaryl/α,β-unsaturated/α-hetero) is 1. The van der Waals surface area contributed by atoms with Crippen LogP contribution in [0.4, 0.5) is 5.69 Å². The molecule has 1 saturated heterocycles. The molecule has 1 atom stereocenters. The van der Waals surface area contributed by atoms with Crippen LogP contribution >= 0.6 is 0 Å². The van der Waals surface area contributed by atoms with Crippen LogP contribution in [0.1, 0.15) is 52.5 Å². The second kappa shape index (κ2) is 8.47. The van der Waals surface area contributed by atoms with Gasteiger partial charge < -0.3 is 24.7 Å². The number of nitrogens with zero attached hydrogens (tertiary/aromatic N) is 3. The normalized spacial score (nSPS) is 19.8. The van der Waals surface area contributed by atoms with E-state index in [1.54, 1.807) is 17.0 Å². The highest BCUT2D eigenvalue weighted by molar-refractivity contribution is 6.04. The van der Waals surface area contributed by atoms with E-state index in [1.165, 1.54) is 6.07 Å². The SMILES string of the molecule is N=C1c2nc(C3CC3)ccc2CN1CC(=O)c1ccc(O)c(N2CCC(OCC(=O)O)C2)c1. The topological polar surface area (TPSA) is 127 Å². The standard InChI is InChI=1S/C24H26N4O5/c25-24-23-16(3-5-18(26-23)14-1-2-14)10-28(24)12-21(30)15-4-6-20(29)19(9-15)27-8-7-17(11-27)33-13-22(31)32/h3-6,9,14,17,25,29H,1-2,7-8,10-13H2,(H,31,32). The van der Waals surface area contributed by atoms with E-state index in [0.717, 1.165) is 24.1 Å². The molecule has 2 fully saturated rings. The van der Waals surface area contributed by atoms with Gasteiger partial charge >= 0.3 is 5.97 Å². The van der Waals surface area contributed by atoms with Crippen LogP contribution in [-0.4, -0.2) is 70.0 Å². The molecule has 2 aliphatic heterocycles. The number of ether oxygens (including phenoxy) is 1. The number of ketones is 1. The minimum absolute atomic E-state index is 0.0581. The summed E-state index contributed by atoms with van der Waals surface area (Å²) in [4.78, 5) is 32.1. The van der Waals surface area contributed by atoms with Gasteiger partial charge in [0.05, 0.1) is 18.3 Å². The van der Waals surface area contributed by atoms with Crippen molar-refractivity contribution in [1.29, 1.82) is 5.41 Å². The molecule has 1 aromatic carbocycles. The molecule has 0 amide bonds. The van der Waals surface area contributed by atoms with Crippen LogP contribution in [0.3, 0.4) is 0 Å². The summed E-state index contributed by atoms with van der Waals surface area (Å²) in [5.74, 6) is -0.318. The van der Waals surface area contributed by atoms with Crippen molar-refractivity contribution in [3.63, 3.8) is 0 Å². The fraction of sp³-hybridized carbons (Fsp3) is 0.417. The number of phenols is 1. The fourth-order valence-electron chi connectivity index (χ4n) is 4.50. The number of carboxylic acid groups (broad SMARTS) is 1. The van der Waals surface area contributed by atoms with Gasteiger partial charge in [0, 0.05) is 42.4 Å². The molecule has 3 heterocycles. The van der Waals surface area contributed by atoms with E-state index in [1.807, 2.05) is 17.0 Å².